The number of para-hydroxylation sites is 2. The number of nitrogens with zero attached hydrogens (tertiary/aromatic N) is 4. The fraction of sp³-hybridized carbons (Fsp3) is 0.412. The van der Waals surface area contributed by atoms with Crippen molar-refractivity contribution in [1.82, 2.24) is 19.3 Å². The number of imidazole rings is 1. The minimum atomic E-state index is 0.611. The lowest BCUT2D eigenvalue weighted by Crippen LogP contribution is -2.07. The van der Waals surface area contributed by atoms with Crippen molar-refractivity contribution < 1.29 is 0 Å². The minimum Gasteiger partial charge on any atom is -0.322 e. The molecule has 4 rings (SSSR count). The third kappa shape index (κ3) is 2.24. The average molecular weight is 280 g/mol. The number of hydrogen-bond acceptors (Lipinski definition) is 2. The van der Waals surface area contributed by atoms with Gasteiger partial charge in [0.15, 0.2) is 0 Å². The van der Waals surface area contributed by atoms with E-state index in [4.69, 9.17) is 5.10 Å². The van der Waals surface area contributed by atoms with E-state index in [-0.39, 0.29) is 0 Å². The molecule has 0 amide bonds. The highest BCUT2D eigenvalue weighted by molar-refractivity contribution is 5.75. The van der Waals surface area contributed by atoms with Gasteiger partial charge in [-0.25, -0.2) is 4.98 Å². The third-order valence-corrected chi connectivity index (χ3v) is 4.53. The number of aromatic nitrogens is 4. The van der Waals surface area contributed by atoms with Gasteiger partial charge < -0.3 is 4.57 Å². The molecule has 1 aromatic carbocycles. The molecule has 21 heavy (non-hydrogen) atoms. The van der Waals surface area contributed by atoms with Crippen LogP contribution in [0.3, 0.4) is 0 Å². The summed E-state index contributed by atoms with van der Waals surface area (Å²) in [4.78, 5) is 4.62. The third-order valence-electron chi connectivity index (χ3n) is 4.53. The maximum absolute atomic E-state index is 4.78. The molecule has 1 fully saturated rings. The normalized spacial score (nSPS) is 16.0. The summed E-state index contributed by atoms with van der Waals surface area (Å²) >= 11 is 0. The van der Waals surface area contributed by atoms with E-state index < -0.39 is 0 Å². The van der Waals surface area contributed by atoms with Gasteiger partial charge in [-0.05, 0) is 38.0 Å². The Morgan fingerprint density at radius 1 is 1.14 bits per heavy atom. The second-order valence-corrected chi connectivity index (χ2v) is 5.96. The molecule has 0 atom stereocenters. The molecule has 1 aliphatic rings. The Balaban J connectivity index is 1.64. The zero-order chi connectivity index (χ0) is 14.2. The van der Waals surface area contributed by atoms with Crippen LogP contribution >= 0.6 is 0 Å². The van der Waals surface area contributed by atoms with Crippen LogP contribution in [-0.2, 0) is 6.54 Å². The summed E-state index contributed by atoms with van der Waals surface area (Å²) in [7, 11) is 0. The molecule has 0 radical (unpaired) electrons. The smallest absolute Gasteiger partial charge is 0.107 e. The van der Waals surface area contributed by atoms with E-state index in [1.807, 2.05) is 6.07 Å². The average Bonchev–Trinajstić information content (AvgIpc) is 3.20. The van der Waals surface area contributed by atoms with Crippen LogP contribution in [0.5, 0.6) is 0 Å². The fourth-order valence-electron chi connectivity index (χ4n) is 3.39. The van der Waals surface area contributed by atoms with Crippen LogP contribution in [-0.4, -0.2) is 19.3 Å². The highest BCUT2D eigenvalue weighted by atomic mass is 15.3. The van der Waals surface area contributed by atoms with Gasteiger partial charge in [-0.15, -0.1) is 0 Å². The second kappa shape index (κ2) is 5.02. The summed E-state index contributed by atoms with van der Waals surface area (Å²) in [5, 5.41) is 4.78. The summed E-state index contributed by atoms with van der Waals surface area (Å²) in [6, 6.07) is 11.1. The van der Waals surface area contributed by atoms with Gasteiger partial charge in [0.1, 0.15) is 5.82 Å². The maximum atomic E-state index is 4.78. The molecule has 4 nitrogen and oxygen atoms in total. The van der Waals surface area contributed by atoms with Crippen molar-refractivity contribution in [2.45, 2.75) is 45.2 Å². The van der Waals surface area contributed by atoms with Crippen molar-refractivity contribution in [2.75, 3.05) is 0 Å². The zero-order valence-electron chi connectivity index (χ0n) is 12.4. The molecular formula is C17H20N4. The lowest BCUT2D eigenvalue weighted by atomic mass is 10.3. The maximum Gasteiger partial charge on any atom is 0.107 e. The molecule has 108 valence electrons. The van der Waals surface area contributed by atoms with Gasteiger partial charge in [0.25, 0.3) is 0 Å². The number of aryl methyl sites for hydroxylation is 1. The summed E-state index contributed by atoms with van der Waals surface area (Å²) in [5.41, 5.74) is 3.36. The van der Waals surface area contributed by atoms with Crippen LogP contribution < -0.4 is 0 Å². The van der Waals surface area contributed by atoms with Crippen molar-refractivity contribution in [1.29, 1.82) is 0 Å². The molecule has 0 aliphatic heterocycles. The SMILES string of the molecule is Cc1nc2ccccc2n1Cc1ccn(C2CCCC2)n1. The van der Waals surface area contributed by atoms with Gasteiger partial charge in [-0.1, -0.05) is 25.0 Å². The first-order valence-corrected chi connectivity index (χ1v) is 7.77. The Labute approximate surface area is 124 Å². The van der Waals surface area contributed by atoms with Gasteiger partial charge in [-0.3, -0.25) is 4.68 Å². The minimum absolute atomic E-state index is 0.611. The number of hydrogen-bond donors (Lipinski definition) is 0. The van der Waals surface area contributed by atoms with Crippen LogP contribution in [0.4, 0.5) is 0 Å². The van der Waals surface area contributed by atoms with Crippen molar-refractivity contribution in [3.63, 3.8) is 0 Å². The van der Waals surface area contributed by atoms with Crippen molar-refractivity contribution in [3.05, 3.63) is 48.0 Å². The van der Waals surface area contributed by atoms with E-state index in [1.165, 1.54) is 31.2 Å². The Morgan fingerprint density at radius 2 is 1.95 bits per heavy atom. The van der Waals surface area contributed by atoms with Crippen LogP contribution in [0.1, 0.15) is 43.2 Å². The van der Waals surface area contributed by atoms with Gasteiger partial charge >= 0.3 is 0 Å². The highest BCUT2D eigenvalue weighted by Crippen LogP contribution is 2.28. The Kier molecular flexibility index (Phi) is 3.02. The van der Waals surface area contributed by atoms with Crippen molar-refractivity contribution in [2.24, 2.45) is 0 Å². The van der Waals surface area contributed by atoms with Gasteiger partial charge in [0.05, 0.1) is 29.3 Å². The lowest BCUT2D eigenvalue weighted by molar-refractivity contribution is 0.461. The van der Waals surface area contributed by atoms with Crippen LogP contribution in [0.15, 0.2) is 36.5 Å². The molecule has 1 aliphatic carbocycles. The predicted molar refractivity (Wildman–Crippen MR) is 83.3 cm³/mol. The molecule has 0 saturated heterocycles. The quantitative estimate of drug-likeness (QED) is 0.733. The molecule has 2 heterocycles. The van der Waals surface area contributed by atoms with Gasteiger partial charge in [0, 0.05) is 6.20 Å². The van der Waals surface area contributed by atoms with E-state index in [1.54, 1.807) is 0 Å². The van der Waals surface area contributed by atoms with Crippen molar-refractivity contribution in [3.8, 4) is 0 Å². The van der Waals surface area contributed by atoms with E-state index in [9.17, 15) is 0 Å². The molecule has 0 spiro atoms. The van der Waals surface area contributed by atoms with E-state index in [2.05, 4.69) is 51.6 Å². The molecule has 2 aromatic heterocycles. The number of benzene rings is 1. The molecule has 1 saturated carbocycles. The van der Waals surface area contributed by atoms with Gasteiger partial charge in [0.2, 0.25) is 0 Å². The summed E-state index contributed by atoms with van der Waals surface area (Å²) < 4.78 is 4.41. The molecule has 0 bridgehead atoms. The molecular weight excluding hydrogens is 260 g/mol. The zero-order valence-corrected chi connectivity index (χ0v) is 12.4. The molecule has 3 aromatic rings. The van der Waals surface area contributed by atoms with Crippen LogP contribution in [0.2, 0.25) is 0 Å². The Morgan fingerprint density at radius 3 is 2.81 bits per heavy atom. The Hall–Kier alpha value is -2.10. The first kappa shape index (κ1) is 12.6. The Bertz CT molecular complexity index is 762. The molecule has 0 unspecified atom stereocenters. The number of rotatable bonds is 3. The first-order chi connectivity index (χ1) is 10.3. The monoisotopic (exact) mass is 280 g/mol. The molecule has 0 N–H and O–H groups in total. The van der Waals surface area contributed by atoms with Crippen molar-refractivity contribution >= 4 is 11.0 Å². The van der Waals surface area contributed by atoms with E-state index in [0.717, 1.165) is 23.6 Å². The summed E-state index contributed by atoms with van der Waals surface area (Å²) in [6.45, 7) is 2.86. The topological polar surface area (TPSA) is 35.6 Å². The first-order valence-electron chi connectivity index (χ1n) is 7.77. The fourth-order valence-corrected chi connectivity index (χ4v) is 3.39. The lowest BCUT2D eigenvalue weighted by Gasteiger charge is -2.09. The van der Waals surface area contributed by atoms with Crippen LogP contribution in [0, 0.1) is 6.92 Å². The number of fused-ring (bicyclic) bond motifs is 1. The van der Waals surface area contributed by atoms with E-state index >= 15 is 0 Å². The standard InChI is InChI=1S/C17H20N4/c1-13-18-16-8-4-5-9-17(16)20(13)12-14-10-11-21(19-14)15-6-2-3-7-15/h4-5,8-11,15H,2-3,6-7,12H2,1H3. The summed E-state index contributed by atoms with van der Waals surface area (Å²) in [6.07, 6.45) is 7.36. The second-order valence-electron chi connectivity index (χ2n) is 5.96. The van der Waals surface area contributed by atoms with E-state index in [0.29, 0.717) is 6.04 Å². The molecule has 4 heteroatoms. The van der Waals surface area contributed by atoms with Gasteiger partial charge in [-0.2, -0.15) is 5.10 Å². The largest absolute Gasteiger partial charge is 0.322 e. The highest BCUT2D eigenvalue weighted by Gasteiger charge is 2.18. The predicted octanol–water partition coefficient (Wildman–Crippen LogP) is 3.70. The summed E-state index contributed by atoms with van der Waals surface area (Å²) in [5.74, 6) is 1.05. The van der Waals surface area contributed by atoms with Crippen LogP contribution in [0.25, 0.3) is 11.0 Å².